The number of aromatic nitrogens is 2. The van der Waals surface area contributed by atoms with E-state index in [0.717, 1.165) is 10.9 Å². The fourth-order valence-corrected chi connectivity index (χ4v) is 4.15. The molecule has 33 heavy (non-hydrogen) atoms. The fourth-order valence-electron chi connectivity index (χ4n) is 4.15. The third-order valence-electron chi connectivity index (χ3n) is 5.50. The Morgan fingerprint density at radius 1 is 1.15 bits per heavy atom. The van der Waals surface area contributed by atoms with E-state index < -0.39 is 11.7 Å². The minimum Gasteiger partial charge on any atom is -0.733 e. The van der Waals surface area contributed by atoms with Gasteiger partial charge in [0.15, 0.2) is 0 Å². The molecule has 4 rings (SSSR count). The highest BCUT2D eigenvalue weighted by Crippen LogP contribution is 2.31. The number of likely N-dealkylation sites (N-methyl/N-ethyl adjacent to an activating group) is 1. The number of nitriles is 1. The first kappa shape index (κ1) is 22.5. The van der Waals surface area contributed by atoms with Crippen molar-refractivity contribution in [2.75, 3.05) is 33.0 Å². The molecule has 2 aromatic carbocycles. The van der Waals surface area contributed by atoms with Gasteiger partial charge in [-0.15, -0.1) is 0 Å². The Morgan fingerprint density at radius 2 is 1.85 bits per heavy atom. The Balaban J connectivity index is 2.02. The zero-order valence-corrected chi connectivity index (χ0v) is 18.6. The van der Waals surface area contributed by atoms with E-state index in [2.05, 4.69) is 4.84 Å². The SMILES string of the molecule is CON([O-])c1ccc(-n2c(=O)c(C#N)cc3c2c2ccccc2n3CC(O)CN(C)C)cc1. The van der Waals surface area contributed by atoms with Crippen molar-refractivity contribution >= 4 is 27.6 Å². The molecule has 4 aromatic rings. The number of para-hydroxylation sites is 1. The molecule has 9 nitrogen and oxygen atoms in total. The minimum absolute atomic E-state index is 0.0138. The normalized spacial score (nSPS) is 12.4. The van der Waals surface area contributed by atoms with Crippen molar-refractivity contribution in [2.45, 2.75) is 12.6 Å². The lowest BCUT2D eigenvalue weighted by molar-refractivity contribution is 0.122. The summed E-state index contributed by atoms with van der Waals surface area (Å²) in [6.45, 7) is 0.759. The van der Waals surface area contributed by atoms with Gasteiger partial charge in [-0.05, 0) is 50.5 Å². The highest BCUT2D eigenvalue weighted by molar-refractivity contribution is 6.07. The standard InChI is InChI=1S/C24H24N5O4/c1-26(2)14-19(30)15-27-21-7-5-4-6-20(21)23-22(27)12-16(13-25)24(31)28(23)17-8-10-18(11-9-17)29(32)33-3/h4-12,19,30H,14-15H2,1-3H3/q-1. The van der Waals surface area contributed by atoms with Crippen LogP contribution < -0.4 is 10.8 Å². The summed E-state index contributed by atoms with van der Waals surface area (Å²) in [5.74, 6) is 0. The van der Waals surface area contributed by atoms with Crippen LogP contribution in [0.2, 0.25) is 0 Å². The van der Waals surface area contributed by atoms with Crippen LogP contribution in [0.25, 0.3) is 27.6 Å². The molecule has 0 aliphatic carbocycles. The largest absolute Gasteiger partial charge is 0.733 e. The summed E-state index contributed by atoms with van der Waals surface area (Å²) in [6, 6.07) is 17.5. The molecule has 9 heteroatoms. The van der Waals surface area contributed by atoms with Gasteiger partial charge in [0.05, 0.1) is 42.0 Å². The van der Waals surface area contributed by atoms with Gasteiger partial charge in [-0.25, -0.2) is 0 Å². The Labute approximate surface area is 190 Å². The zero-order valence-electron chi connectivity index (χ0n) is 18.6. The van der Waals surface area contributed by atoms with Crippen molar-refractivity contribution in [3.63, 3.8) is 0 Å². The average Bonchev–Trinajstić information content (AvgIpc) is 3.10. The van der Waals surface area contributed by atoms with Crippen LogP contribution in [0, 0.1) is 16.5 Å². The molecule has 1 atom stereocenters. The van der Waals surface area contributed by atoms with Crippen molar-refractivity contribution in [3.05, 3.63) is 75.7 Å². The fraction of sp³-hybridized carbons (Fsp3) is 0.250. The molecule has 0 bridgehead atoms. The molecule has 2 heterocycles. The Kier molecular flexibility index (Phi) is 6.18. The molecule has 1 N–H and O–H groups in total. The summed E-state index contributed by atoms with van der Waals surface area (Å²) in [5.41, 5.74) is 2.44. The summed E-state index contributed by atoms with van der Waals surface area (Å²) < 4.78 is 3.42. The topological polar surface area (TPSA) is 110 Å². The first-order chi connectivity index (χ1) is 15.8. The molecule has 0 aliphatic rings. The number of rotatable bonds is 7. The van der Waals surface area contributed by atoms with E-state index >= 15 is 0 Å². The maximum absolute atomic E-state index is 13.3. The number of pyridine rings is 1. The van der Waals surface area contributed by atoms with Gasteiger partial charge in [0, 0.05) is 17.6 Å². The molecule has 0 radical (unpaired) electrons. The summed E-state index contributed by atoms with van der Waals surface area (Å²) in [5, 5.41) is 33.2. The predicted octanol–water partition coefficient (Wildman–Crippen LogP) is 2.61. The highest BCUT2D eigenvalue weighted by Gasteiger charge is 2.20. The molecule has 0 spiro atoms. The Hall–Kier alpha value is -3.68. The summed E-state index contributed by atoms with van der Waals surface area (Å²) >= 11 is 0. The van der Waals surface area contributed by atoms with Crippen LogP contribution in [0.15, 0.2) is 59.4 Å². The van der Waals surface area contributed by atoms with Crippen LogP contribution in [-0.4, -0.2) is 53.0 Å². The lowest BCUT2D eigenvalue weighted by atomic mass is 10.2. The number of hydrogen-bond acceptors (Lipinski definition) is 7. The molecular formula is C24H24N5O4-. The van der Waals surface area contributed by atoms with E-state index in [1.807, 2.05) is 53.9 Å². The molecule has 2 aromatic heterocycles. The molecule has 0 saturated carbocycles. The van der Waals surface area contributed by atoms with Gasteiger partial charge in [-0.3, -0.25) is 14.2 Å². The minimum atomic E-state index is -0.652. The monoisotopic (exact) mass is 446 g/mol. The van der Waals surface area contributed by atoms with E-state index in [-0.39, 0.29) is 11.3 Å². The predicted molar refractivity (Wildman–Crippen MR) is 127 cm³/mol. The van der Waals surface area contributed by atoms with Gasteiger partial charge in [0.25, 0.3) is 5.56 Å². The molecule has 0 fully saturated rings. The first-order valence-corrected chi connectivity index (χ1v) is 10.4. The van der Waals surface area contributed by atoms with E-state index in [0.29, 0.717) is 35.0 Å². The first-order valence-electron chi connectivity index (χ1n) is 10.4. The van der Waals surface area contributed by atoms with Crippen molar-refractivity contribution < 1.29 is 9.94 Å². The van der Waals surface area contributed by atoms with Crippen molar-refractivity contribution in [3.8, 4) is 11.8 Å². The second-order valence-electron chi connectivity index (χ2n) is 8.04. The van der Waals surface area contributed by atoms with E-state index in [1.165, 1.54) is 11.7 Å². The lowest BCUT2D eigenvalue weighted by Gasteiger charge is -2.26. The third-order valence-corrected chi connectivity index (χ3v) is 5.50. The number of anilines is 1. The molecule has 0 aliphatic heterocycles. The van der Waals surface area contributed by atoms with E-state index in [9.17, 15) is 20.4 Å². The van der Waals surface area contributed by atoms with Gasteiger partial charge in [-0.1, -0.05) is 18.2 Å². The molecular weight excluding hydrogens is 422 g/mol. The number of nitrogens with zero attached hydrogens (tertiary/aromatic N) is 5. The number of benzene rings is 2. The second-order valence-corrected chi connectivity index (χ2v) is 8.04. The van der Waals surface area contributed by atoms with Gasteiger partial charge in [-0.2, -0.15) is 5.26 Å². The average molecular weight is 446 g/mol. The quantitative estimate of drug-likeness (QED) is 0.435. The molecule has 0 amide bonds. The van der Waals surface area contributed by atoms with Gasteiger partial charge >= 0.3 is 0 Å². The van der Waals surface area contributed by atoms with Crippen molar-refractivity contribution in [1.29, 1.82) is 5.26 Å². The van der Waals surface area contributed by atoms with Crippen LogP contribution in [0.4, 0.5) is 5.69 Å². The Morgan fingerprint density at radius 3 is 2.48 bits per heavy atom. The summed E-state index contributed by atoms with van der Waals surface area (Å²) in [7, 11) is 5.04. The number of aliphatic hydroxyl groups excluding tert-OH is 1. The van der Waals surface area contributed by atoms with Gasteiger partial charge in [0.2, 0.25) is 0 Å². The smallest absolute Gasteiger partial charge is 0.273 e. The number of hydrogen-bond donors (Lipinski definition) is 1. The van der Waals surface area contributed by atoms with E-state index in [4.69, 9.17) is 0 Å². The van der Waals surface area contributed by atoms with Crippen LogP contribution in [-0.2, 0) is 11.4 Å². The van der Waals surface area contributed by atoms with Gasteiger partial charge < -0.3 is 25.0 Å². The van der Waals surface area contributed by atoms with Crippen LogP contribution >= 0.6 is 0 Å². The summed E-state index contributed by atoms with van der Waals surface area (Å²) in [4.78, 5) is 19.9. The molecule has 170 valence electrons. The molecule has 1 unspecified atom stereocenters. The molecule has 0 saturated heterocycles. The Bertz CT molecular complexity index is 1400. The van der Waals surface area contributed by atoms with Crippen LogP contribution in [0.5, 0.6) is 0 Å². The zero-order chi connectivity index (χ0) is 23.7. The number of fused-ring (bicyclic) bond motifs is 3. The highest BCUT2D eigenvalue weighted by atomic mass is 16.9. The number of aliphatic hydroxyl groups is 1. The van der Waals surface area contributed by atoms with Crippen molar-refractivity contribution in [2.24, 2.45) is 0 Å². The second kappa shape index (κ2) is 9.05. The third kappa shape index (κ3) is 4.08. The summed E-state index contributed by atoms with van der Waals surface area (Å²) in [6.07, 6.45) is -0.652. The van der Waals surface area contributed by atoms with Gasteiger partial charge in [0.1, 0.15) is 11.6 Å². The van der Waals surface area contributed by atoms with Crippen molar-refractivity contribution in [1.82, 2.24) is 14.0 Å². The van der Waals surface area contributed by atoms with Crippen LogP contribution in [0.3, 0.4) is 0 Å². The van der Waals surface area contributed by atoms with E-state index in [1.54, 1.807) is 30.3 Å². The maximum Gasteiger partial charge on any atom is 0.273 e. The van der Waals surface area contributed by atoms with Crippen LogP contribution in [0.1, 0.15) is 5.56 Å². The lowest BCUT2D eigenvalue weighted by Crippen LogP contribution is -2.29. The maximum atomic E-state index is 13.3.